The minimum atomic E-state index is 0.101. The third-order valence-corrected chi connectivity index (χ3v) is 5.10. The van der Waals surface area contributed by atoms with Gasteiger partial charge in [0.2, 0.25) is 0 Å². The van der Waals surface area contributed by atoms with E-state index in [0.29, 0.717) is 10.4 Å². The fraction of sp³-hybridized carbons (Fsp3) is 0.250. The first-order valence-electron chi connectivity index (χ1n) is 8.46. The molecular formula is C20H20ClN2O+. The molecule has 0 aliphatic carbocycles. The number of hydrogen-bond donors (Lipinski definition) is 2. The zero-order valence-electron chi connectivity index (χ0n) is 13.4. The number of nitrogens with one attached hydrogen (secondary N) is 2. The van der Waals surface area contributed by atoms with Crippen molar-refractivity contribution in [3.63, 3.8) is 0 Å². The highest BCUT2D eigenvalue weighted by atomic mass is 35.5. The zero-order chi connectivity index (χ0) is 16.5. The predicted molar refractivity (Wildman–Crippen MR) is 98.6 cm³/mol. The number of benzene rings is 2. The molecule has 0 spiro atoms. The Hall–Kier alpha value is -2.10. The number of hydrogen-bond acceptors (Lipinski definition) is 1. The molecule has 122 valence electrons. The number of H-pyrrole nitrogens is 1. The molecule has 1 fully saturated rings. The van der Waals surface area contributed by atoms with Crippen molar-refractivity contribution in [1.82, 2.24) is 4.98 Å². The zero-order valence-corrected chi connectivity index (χ0v) is 14.2. The van der Waals surface area contributed by atoms with E-state index in [1.54, 1.807) is 6.07 Å². The molecular weight excluding hydrogens is 320 g/mol. The molecule has 3 nitrogen and oxygen atoms in total. The normalized spacial score (nSPS) is 15.2. The van der Waals surface area contributed by atoms with Gasteiger partial charge in [0.05, 0.1) is 24.3 Å². The standard InChI is InChI=1S/C20H19ClN2O/c21-15-8-9-18-16(12-15)20(24)17(13-23-10-4-5-11-23)19(22-18)14-6-2-1-3-7-14/h1-3,6-9,12H,4-5,10-11,13H2,(H,22,24)/p+1. The van der Waals surface area contributed by atoms with Crippen LogP contribution in [-0.4, -0.2) is 18.1 Å². The second-order valence-corrected chi connectivity index (χ2v) is 6.93. The molecule has 2 aromatic carbocycles. The number of likely N-dealkylation sites (tertiary alicyclic amines) is 1. The molecule has 1 saturated heterocycles. The van der Waals surface area contributed by atoms with E-state index in [-0.39, 0.29) is 5.43 Å². The first kappa shape index (κ1) is 15.4. The van der Waals surface area contributed by atoms with Gasteiger partial charge >= 0.3 is 0 Å². The summed E-state index contributed by atoms with van der Waals surface area (Å²) in [5, 5.41) is 1.27. The molecule has 0 radical (unpaired) electrons. The number of halogens is 1. The van der Waals surface area contributed by atoms with Crippen molar-refractivity contribution in [2.75, 3.05) is 13.1 Å². The van der Waals surface area contributed by atoms with Gasteiger partial charge in [-0.05, 0) is 23.8 Å². The Morgan fingerprint density at radius 2 is 1.79 bits per heavy atom. The van der Waals surface area contributed by atoms with Crippen LogP contribution in [0, 0.1) is 0 Å². The van der Waals surface area contributed by atoms with Crippen molar-refractivity contribution in [3.8, 4) is 11.3 Å². The van der Waals surface area contributed by atoms with Crippen molar-refractivity contribution in [2.45, 2.75) is 19.4 Å². The monoisotopic (exact) mass is 339 g/mol. The number of rotatable bonds is 3. The van der Waals surface area contributed by atoms with Crippen molar-refractivity contribution in [1.29, 1.82) is 0 Å². The molecule has 0 atom stereocenters. The van der Waals surface area contributed by atoms with Gasteiger partial charge in [-0.1, -0.05) is 41.9 Å². The van der Waals surface area contributed by atoms with Crippen LogP contribution in [0.3, 0.4) is 0 Å². The van der Waals surface area contributed by atoms with E-state index >= 15 is 0 Å². The largest absolute Gasteiger partial charge is 0.354 e. The number of quaternary nitrogens is 1. The number of pyridine rings is 1. The van der Waals surface area contributed by atoms with Gasteiger partial charge in [-0.2, -0.15) is 0 Å². The van der Waals surface area contributed by atoms with E-state index in [0.717, 1.165) is 42.0 Å². The van der Waals surface area contributed by atoms with Gasteiger partial charge < -0.3 is 9.88 Å². The second-order valence-electron chi connectivity index (χ2n) is 6.50. The minimum Gasteiger partial charge on any atom is -0.354 e. The highest BCUT2D eigenvalue weighted by Gasteiger charge is 2.21. The summed E-state index contributed by atoms with van der Waals surface area (Å²) in [5.74, 6) is 0. The van der Waals surface area contributed by atoms with E-state index in [9.17, 15) is 4.79 Å². The molecule has 1 aromatic heterocycles. The van der Waals surface area contributed by atoms with Gasteiger partial charge in [-0.25, -0.2) is 0 Å². The Morgan fingerprint density at radius 1 is 1.04 bits per heavy atom. The molecule has 4 rings (SSSR count). The Morgan fingerprint density at radius 3 is 2.54 bits per heavy atom. The Kier molecular flexibility index (Phi) is 4.13. The molecule has 1 aliphatic heterocycles. The molecule has 0 amide bonds. The van der Waals surface area contributed by atoms with E-state index < -0.39 is 0 Å². The molecule has 24 heavy (non-hydrogen) atoms. The lowest BCUT2D eigenvalue weighted by molar-refractivity contribution is -0.901. The summed E-state index contributed by atoms with van der Waals surface area (Å²) in [7, 11) is 0. The molecule has 0 bridgehead atoms. The Labute approximate surface area is 145 Å². The van der Waals surface area contributed by atoms with Crippen LogP contribution >= 0.6 is 11.6 Å². The molecule has 0 saturated carbocycles. The summed E-state index contributed by atoms with van der Waals surface area (Å²) in [5.41, 5.74) is 3.80. The van der Waals surface area contributed by atoms with Crippen molar-refractivity contribution in [3.05, 3.63) is 69.3 Å². The summed E-state index contributed by atoms with van der Waals surface area (Å²) in [6, 6.07) is 15.6. The topological polar surface area (TPSA) is 37.3 Å². The molecule has 1 aliphatic rings. The summed E-state index contributed by atoms with van der Waals surface area (Å²) in [4.78, 5) is 18.1. The van der Waals surface area contributed by atoms with Crippen LogP contribution < -0.4 is 10.3 Å². The molecule has 3 aromatic rings. The van der Waals surface area contributed by atoms with Crippen LogP contribution in [0.4, 0.5) is 0 Å². The molecule has 4 heteroatoms. The van der Waals surface area contributed by atoms with Crippen LogP contribution in [0.25, 0.3) is 22.2 Å². The maximum Gasteiger partial charge on any atom is 0.198 e. The fourth-order valence-electron chi connectivity index (χ4n) is 3.62. The minimum absolute atomic E-state index is 0.101. The third-order valence-electron chi connectivity index (χ3n) is 4.86. The summed E-state index contributed by atoms with van der Waals surface area (Å²) in [6.45, 7) is 3.05. The van der Waals surface area contributed by atoms with Gasteiger partial charge in [0.15, 0.2) is 5.43 Å². The van der Waals surface area contributed by atoms with Crippen LogP contribution in [0.1, 0.15) is 18.4 Å². The second kappa shape index (κ2) is 6.42. The van der Waals surface area contributed by atoms with Crippen molar-refractivity contribution < 1.29 is 4.90 Å². The number of aromatic nitrogens is 1. The lowest BCUT2D eigenvalue weighted by atomic mass is 10.0. The van der Waals surface area contributed by atoms with Gasteiger partial charge in [-0.15, -0.1) is 0 Å². The van der Waals surface area contributed by atoms with Crippen LogP contribution in [0.15, 0.2) is 53.3 Å². The lowest BCUT2D eigenvalue weighted by Gasteiger charge is -2.16. The van der Waals surface area contributed by atoms with Crippen LogP contribution in [0.2, 0.25) is 5.02 Å². The molecule has 2 N–H and O–H groups in total. The van der Waals surface area contributed by atoms with E-state index in [4.69, 9.17) is 11.6 Å². The average Bonchev–Trinajstić information content (AvgIpc) is 3.12. The number of fused-ring (bicyclic) bond motifs is 1. The van der Waals surface area contributed by atoms with Gasteiger partial charge in [0.1, 0.15) is 6.54 Å². The Bertz CT molecular complexity index is 928. The first-order chi connectivity index (χ1) is 11.7. The quantitative estimate of drug-likeness (QED) is 0.756. The predicted octanol–water partition coefficient (Wildman–Crippen LogP) is 3.03. The highest BCUT2D eigenvalue weighted by molar-refractivity contribution is 6.31. The van der Waals surface area contributed by atoms with Crippen molar-refractivity contribution >= 4 is 22.5 Å². The van der Waals surface area contributed by atoms with Gasteiger partial charge in [0.25, 0.3) is 0 Å². The van der Waals surface area contributed by atoms with Gasteiger partial charge in [-0.3, -0.25) is 4.79 Å². The first-order valence-corrected chi connectivity index (χ1v) is 8.83. The Balaban J connectivity index is 1.94. The number of aromatic amines is 1. The molecule has 2 heterocycles. The highest BCUT2D eigenvalue weighted by Crippen LogP contribution is 2.23. The third kappa shape index (κ3) is 2.85. The maximum atomic E-state index is 13.2. The van der Waals surface area contributed by atoms with Crippen molar-refractivity contribution in [2.24, 2.45) is 0 Å². The fourth-order valence-corrected chi connectivity index (χ4v) is 3.79. The van der Waals surface area contributed by atoms with E-state index in [1.807, 2.05) is 30.3 Å². The lowest BCUT2D eigenvalue weighted by Crippen LogP contribution is -3.08. The summed E-state index contributed by atoms with van der Waals surface area (Å²) in [6.07, 6.45) is 2.49. The SMILES string of the molecule is O=c1c(C[NH+]2CCCC2)c(-c2ccccc2)[nH]c2ccc(Cl)cc12. The van der Waals surface area contributed by atoms with E-state index in [2.05, 4.69) is 17.1 Å². The van der Waals surface area contributed by atoms with Crippen LogP contribution in [-0.2, 0) is 6.54 Å². The summed E-state index contributed by atoms with van der Waals surface area (Å²) < 4.78 is 0. The smallest absolute Gasteiger partial charge is 0.198 e. The summed E-state index contributed by atoms with van der Waals surface area (Å²) >= 11 is 6.11. The van der Waals surface area contributed by atoms with E-state index in [1.165, 1.54) is 17.7 Å². The van der Waals surface area contributed by atoms with Gasteiger partial charge in [0, 0.05) is 28.8 Å². The molecule has 0 unspecified atom stereocenters. The maximum absolute atomic E-state index is 13.2. The van der Waals surface area contributed by atoms with Crippen LogP contribution in [0.5, 0.6) is 0 Å². The average molecular weight is 340 g/mol.